The number of rotatable bonds is 9. The van der Waals surface area contributed by atoms with E-state index in [0.29, 0.717) is 36.1 Å². The van der Waals surface area contributed by atoms with Crippen LogP contribution in [0.3, 0.4) is 0 Å². The second-order valence-electron chi connectivity index (χ2n) is 8.18. The number of nitrogens with two attached hydrogens (primary N) is 1. The fourth-order valence-electron chi connectivity index (χ4n) is 3.88. The molecular weight excluding hydrogens is 482 g/mol. The molecule has 3 aromatic rings. The van der Waals surface area contributed by atoms with E-state index in [1.807, 2.05) is 29.2 Å². The molecule has 11 heteroatoms. The molecule has 1 saturated heterocycles. The summed E-state index contributed by atoms with van der Waals surface area (Å²) in [6, 6.07) is 12.9. The number of ketones is 1. The number of hydrogen-bond acceptors (Lipinski definition) is 9. The monoisotopic (exact) mass is 507 g/mol. The van der Waals surface area contributed by atoms with Gasteiger partial charge in [0.05, 0.1) is 24.1 Å². The summed E-state index contributed by atoms with van der Waals surface area (Å²) >= 11 is 6.30. The van der Waals surface area contributed by atoms with Crippen LogP contribution in [0.1, 0.15) is 10.4 Å². The van der Waals surface area contributed by atoms with Gasteiger partial charge < -0.3 is 26.4 Å². The van der Waals surface area contributed by atoms with Crippen molar-refractivity contribution < 1.29 is 14.7 Å². The molecule has 0 atom stereocenters. The minimum absolute atomic E-state index is 0.0691. The number of benzene rings is 2. The average Bonchev–Trinajstić information content (AvgIpc) is 2.87. The summed E-state index contributed by atoms with van der Waals surface area (Å²) in [5.41, 5.74) is 9.09. The molecule has 2 heterocycles. The van der Waals surface area contributed by atoms with Gasteiger partial charge in [-0.2, -0.15) is 4.98 Å². The minimum atomic E-state index is -0.804. The van der Waals surface area contributed by atoms with Crippen molar-refractivity contribution in [1.29, 1.82) is 0 Å². The highest BCUT2D eigenvalue weighted by Crippen LogP contribution is 2.30. The highest BCUT2D eigenvalue weighted by molar-refractivity contribution is 6.33. The highest BCUT2D eigenvalue weighted by atomic mass is 35.5. The van der Waals surface area contributed by atoms with Crippen LogP contribution in [0.25, 0.3) is 0 Å². The Labute approximate surface area is 213 Å². The quantitative estimate of drug-likeness (QED) is 0.192. The number of aliphatic carboxylic acids is 1. The van der Waals surface area contributed by atoms with Crippen LogP contribution in [0.2, 0.25) is 5.02 Å². The maximum atomic E-state index is 12.0. The molecule has 1 aliphatic heterocycles. The van der Waals surface area contributed by atoms with E-state index in [-0.39, 0.29) is 23.0 Å². The molecule has 0 amide bonds. The van der Waals surface area contributed by atoms with Crippen LogP contribution in [0.4, 0.5) is 34.5 Å². The number of aromatic nitrogens is 2. The van der Waals surface area contributed by atoms with Crippen LogP contribution in [-0.2, 0) is 4.79 Å². The molecule has 1 aromatic heterocycles. The summed E-state index contributed by atoms with van der Waals surface area (Å²) in [7, 11) is 0. The summed E-state index contributed by atoms with van der Waals surface area (Å²) in [5.74, 6) is -0.423. The Morgan fingerprint density at radius 1 is 1.11 bits per heavy atom. The van der Waals surface area contributed by atoms with Gasteiger partial charge in [0.15, 0.2) is 11.6 Å². The predicted octanol–water partition coefficient (Wildman–Crippen LogP) is 3.77. The summed E-state index contributed by atoms with van der Waals surface area (Å²) in [6.45, 7) is 6.50. The maximum Gasteiger partial charge on any atom is 0.317 e. The molecule has 1 aliphatic rings. The number of allylic oxidation sites excluding steroid dienone is 1. The van der Waals surface area contributed by atoms with E-state index in [1.165, 1.54) is 12.3 Å². The van der Waals surface area contributed by atoms with Crippen molar-refractivity contribution in [2.24, 2.45) is 0 Å². The van der Waals surface area contributed by atoms with Gasteiger partial charge in [0, 0.05) is 43.1 Å². The van der Waals surface area contributed by atoms with Crippen molar-refractivity contribution >= 4 is 57.9 Å². The highest BCUT2D eigenvalue weighted by Gasteiger charge is 2.19. The van der Waals surface area contributed by atoms with Crippen LogP contribution < -0.4 is 21.3 Å². The Hall–Kier alpha value is -4.15. The van der Waals surface area contributed by atoms with Crippen LogP contribution >= 0.6 is 11.6 Å². The lowest BCUT2D eigenvalue weighted by Gasteiger charge is -2.35. The normalized spacial score (nSPS) is 13.8. The number of nitrogen functional groups attached to an aromatic ring is 1. The number of carboxylic acids is 1. The Kier molecular flexibility index (Phi) is 7.67. The zero-order valence-corrected chi connectivity index (χ0v) is 20.2. The van der Waals surface area contributed by atoms with Gasteiger partial charge in [0.1, 0.15) is 5.02 Å². The first kappa shape index (κ1) is 25.0. The molecule has 0 aliphatic carbocycles. The Morgan fingerprint density at radius 3 is 2.50 bits per heavy atom. The van der Waals surface area contributed by atoms with Gasteiger partial charge in [-0.1, -0.05) is 24.2 Å². The number of hydrogen-bond donors (Lipinski definition) is 4. The fraction of sp³-hybridized carbons (Fsp3) is 0.200. The predicted molar refractivity (Wildman–Crippen MR) is 142 cm³/mol. The van der Waals surface area contributed by atoms with Gasteiger partial charge in [0.2, 0.25) is 5.95 Å². The number of carboxylic acid groups (broad SMARTS) is 1. The number of anilines is 6. The molecule has 0 saturated carbocycles. The van der Waals surface area contributed by atoms with Crippen LogP contribution in [0, 0.1) is 0 Å². The molecule has 0 radical (unpaired) electrons. The second kappa shape index (κ2) is 11.1. The third-order valence-corrected chi connectivity index (χ3v) is 6.05. The van der Waals surface area contributed by atoms with Gasteiger partial charge in [-0.05, 0) is 42.5 Å². The van der Waals surface area contributed by atoms with E-state index in [1.54, 1.807) is 18.2 Å². The van der Waals surface area contributed by atoms with Crippen LogP contribution in [-0.4, -0.2) is 64.5 Å². The van der Waals surface area contributed by atoms with Crippen molar-refractivity contribution in [2.45, 2.75) is 0 Å². The smallest absolute Gasteiger partial charge is 0.317 e. The lowest BCUT2D eigenvalue weighted by atomic mass is 10.1. The number of carbonyl (C=O) groups excluding carboxylic acids is 1. The van der Waals surface area contributed by atoms with Gasteiger partial charge in [-0.15, -0.1) is 0 Å². The fourth-order valence-corrected chi connectivity index (χ4v) is 4.02. The number of carbonyl (C=O) groups is 2. The van der Waals surface area contributed by atoms with Crippen molar-refractivity contribution in [2.75, 3.05) is 54.0 Å². The molecule has 36 heavy (non-hydrogen) atoms. The van der Waals surface area contributed by atoms with Crippen LogP contribution in [0.5, 0.6) is 0 Å². The molecule has 5 N–H and O–H groups in total. The standard InChI is InChI=1S/C25H26ClN7O3/c1-2-21(34)18-4-3-5-20(23(18)27)30-24-19(26)14-28-25(31-24)29-16-6-8-17(9-7-16)33-12-10-32(11-13-33)15-22(35)36/h2-9,14H,1,10-13,15,27H2,(H,35,36)(H2,28,29,30,31). The van der Waals surface area contributed by atoms with Gasteiger partial charge >= 0.3 is 5.97 Å². The minimum Gasteiger partial charge on any atom is -0.480 e. The van der Waals surface area contributed by atoms with Gasteiger partial charge in [-0.3, -0.25) is 14.5 Å². The average molecular weight is 508 g/mol. The third kappa shape index (κ3) is 5.91. The number of nitrogens with one attached hydrogen (secondary N) is 2. The lowest BCUT2D eigenvalue weighted by molar-refractivity contribution is -0.138. The molecule has 0 bridgehead atoms. The van der Waals surface area contributed by atoms with Crippen molar-refractivity contribution in [3.8, 4) is 0 Å². The Bertz CT molecular complexity index is 1280. The largest absolute Gasteiger partial charge is 0.480 e. The number of nitrogens with zero attached hydrogens (tertiary/aromatic N) is 4. The zero-order chi connectivity index (χ0) is 25.7. The molecule has 4 rings (SSSR count). The zero-order valence-electron chi connectivity index (χ0n) is 19.4. The van der Waals surface area contributed by atoms with Crippen molar-refractivity contribution in [3.05, 3.63) is 71.9 Å². The molecule has 0 unspecified atom stereocenters. The molecule has 1 fully saturated rings. The van der Waals surface area contributed by atoms with E-state index in [9.17, 15) is 9.59 Å². The van der Waals surface area contributed by atoms with Gasteiger partial charge in [-0.25, -0.2) is 4.98 Å². The second-order valence-corrected chi connectivity index (χ2v) is 8.59. The topological polar surface area (TPSA) is 137 Å². The lowest BCUT2D eigenvalue weighted by Crippen LogP contribution is -2.47. The molecule has 0 spiro atoms. The third-order valence-electron chi connectivity index (χ3n) is 5.77. The first-order valence-corrected chi connectivity index (χ1v) is 11.6. The first-order valence-electron chi connectivity index (χ1n) is 11.2. The van der Waals surface area contributed by atoms with Gasteiger partial charge in [0.25, 0.3) is 0 Å². The van der Waals surface area contributed by atoms with E-state index in [0.717, 1.165) is 24.5 Å². The van der Waals surface area contributed by atoms with E-state index >= 15 is 0 Å². The van der Waals surface area contributed by atoms with E-state index < -0.39 is 5.97 Å². The summed E-state index contributed by atoms with van der Waals surface area (Å²) in [6.07, 6.45) is 2.68. The first-order chi connectivity index (χ1) is 17.3. The SMILES string of the molecule is C=CC(=O)c1cccc(Nc2nc(Nc3ccc(N4CCN(CC(=O)O)CC4)cc3)ncc2Cl)c1N. The van der Waals surface area contributed by atoms with E-state index in [4.69, 9.17) is 22.4 Å². The molecule has 10 nitrogen and oxygen atoms in total. The van der Waals surface area contributed by atoms with Crippen molar-refractivity contribution in [3.63, 3.8) is 0 Å². The number of halogens is 1. The molecule has 2 aromatic carbocycles. The summed E-state index contributed by atoms with van der Waals surface area (Å²) < 4.78 is 0. The summed E-state index contributed by atoms with van der Waals surface area (Å²) in [5, 5.41) is 15.5. The Morgan fingerprint density at radius 2 is 1.83 bits per heavy atom. The number of para-hydroxylation sites is 1. The van der Waals surface area contributed by atoms with Crippen molar-refractivity contribution in [1.82, 2.24) is 14.9 Å². The van der Waals surface area contributed by atoms with E-state index in [2.05, 4.69) is 32.1 Å². The Balaban J connectivity index is 1.43. The van der Waals surface area contributed by atoms with Crippen LogP contribution in [0.15, 0.2) is 61.3 Å². The number of piperazine rings is 1. The summed E-state index contributed by atoms with van der Waals surface area (Å²) in [4.78, 5) is 35.8. The molecule has 186 valence electrons. The molecular formula is C25H26ClN7O3. The maximum absolute atomic E-state index is 12.0.